The summed E-state index contributed by atoms with van der Waals surface area (Å²) < 4.78 is 38.4. The predicted molar refractivity (Wildman–Crippen MR) is 120 cm³/mol. The number of hydrogen-bond donors (Lipinski definition) is 0. The molecule has 0 saturated carbocycles. The van der Waals surface area contributed by atoms with Crippen molar-refractivity contribution in [1.29, 1.82) is 0 Å². The first-order valence-electron chi connectivity index (χ1n) is 11.0. The van der Waals surface area contributed by atoms with Crippen LogP contribution >= 0.6 is 0 Å². The second-order valence-electron chi connectivity index (χ2n) is 8.02. The molecule has 1 aliphatic rings. The fraction of sp³-hybridized carbons (Fsp3) is 0.308. The molecule has 172 valence electrons. The van der Waals surface area contributed by atoms with Gasteiger partial charge in [-0.25, -0.2) is 13.6 Å². The first-order chi connectivity index (χ1) is 16.0. The van der Waals surface area contributed by atoms with E-state index in [0.29, 0.717) is 25.3 Å². The summed E-state index contributed by atoms with van der Waals surface area (Å²) in [5, 5.41) is 0. The molecule has 0 unspecified atom stereocenters. The third-order valence-corrected chi connectivity index (χ3v) is 5.62. The molecule has 2 heterocycles. The number of halogens is 2. The van der Waals surface area contributed by atoms with Gasteiger partial charge in [0.15, 0.2) is 0 Å². The number of benzene rings is 2. The molecular weight excluding hydrogens is 426 g/mol. The molecule has 0 aliphatic carbocycles. The van der Waals surface area contributed by atoms with Crippen LogP contribution in [0.5, 0.6) is 0 Å². The fourth-order valence-corrected chi connectivity index (χ4v) is 4.00. The molecule has 4 rings (SSSR count). The highest BCUT2D eigenvalue weighted by molar-refractivity contribution is 5.89. The average molecular weight is 453 g/mol. The maximum Gasteiger partial charge on any atom is 0.338 e. The van der Waals surface area contributed by atoms with E-state index in [0.717, 1.165) is 29.8 Å². The Morgan fingerprint density at radius 3 is 2.30 bits per heavy atom. The summed E-state index contributed by atoms with van der Waals surface area (Å²) in [6.07, 6.45) is 1.95. The number of rotatable bonds is 8. The number of pyridine rings is 1. The van der Waals surface area contributed by atoms with Crippen LogP contribution in [0.4, 0.5) is 8.78 Å². The van der Waals surface area contributed by atoms with Crippen LogP contribution in [0.1, 0.15) is 46.6 Å². The average Bonchev–Trinajstić information content (AvgIpc) is 3.26. The van der Waals surface area contributed by atoms with Crippen LogP contribution in [0, 0.1) is 11.6 Å². The van der Waals surface area contributed by atoms with E-state index in [4.69, 9.17) is 9.47 Å². The molecule has 1 atom stereocenters. The van der Waals surface area contributed by atoms with E-state index >= 15 is 0 Å². The number of aromatic nitrogens is 1. The van der Waals surface area contributed by atoms with Crippen LogP contribution in [0.3, 0.4) is 0 Å². The molecule has 1 aliphatic heterocycles. The van der Waals surface area contributed by atoms with Crippen molar-refractivity contribution in [2.24, 2.45) is 0 Å². The highest BCUT2D eigenvalue weighted by atomic mass is 19.1. The van der Waals surface area contributed by atoms with Crippen LogP contribution in [-0.4, -0.2) is 41.7 Å². The lowest BCUT2D eigenvalue weighted by Gasteiger charge is -2.24. The Hall–Kier alpha value is -3.16. The maximum absolute atomic E-state index is 13.5. The highest BCUT2D eigenvalue weighted by Crippen LogP contribution is 2.30. The van der Waals surface area contributed by atoms with Gasteiger partial charge in [-0.05, 0) is 60.9 Å². The molecule has 3 aromatic rings. The molecule has 33 heavy (non-hydrogen) atoms. The van der Waals surface area contributed by atoms with E-state index in [1.807, 2.05) is 0 Å². The molecule has 0 spiro atoms. The standard InChI is InChI=1S/C26H26F2N2O3/c1-2-32-26(31)20-11-13-29-23(15-20)16-30-14-12-24(17-30)33-25(18-3-7-21(27)8-4-18)19-5-9-22(28)10-6-19/h3-11,13,15,24-25H,2,12,14,16-17H2,1H3/t24-/m1/s1. The lowest BCUT2D eigenvalue weighted by atomic mass is 10.0. The summed E-state index contributed by atoms with van der Waals surface area (Å²) >= 11 is 0. The number of carbonyl (C=O) groups excluding carboxylic acids is 1. The molecule has 0 bridgehead atoms. The van der Waals surface area contributed by atoms with Gasteiger partial charge in [0.1, 0.15) is 17.7 Å². The van der Waals surface area contributed by atoms with Crippen molar-refractivity contribution in [2.45, 2.75) is 32.1 Å². The number of likely N-dealkylation sites (tertiary alicyclic amines) is 1. The van der Waals surface area contributed by atoms with Gasteiger partial charge in [-0.15, -0.1) is 0 Å². The van der Waals surface area contributed by atoms with E-state index in [2.05, 4.69) is 9.88 Å². The van der Waals surface area contributed by atoms with Gasteiger partial charge in [-0.1, -0.05) is 24.3 Å². The van der Waals surface area contributed by atoms with E-state index in [-0.39, 0.29) is 23.7 Å². The Balaban J connectivity index is 1.44. The molecule has 5 nitrogen and oxygen atoms in total. The number of nitrogens with zero attached hydrogens (tertiary/aromatic N) is 2. The van der Waals surface area contributed by atoms with E-state index in [9.17, 15) is 13.6 Å². The van der Waals surface area contributed by atoms with Gasteiger partial charge in [0, 0.05) is 25.8 Å². The first kappa shape index (κ1) is 23.0. The monoisotopic (exact) mass is 452 g/mol. The maximum atomic E-state index is 13.5. The minimum absolute atomic E-state index is 0.0571. The Morgan fingerprint density at radius 2 is 1.70 bits per heavy atom. The molecule has 2 aromatic carbocycles. The van der Waals surface area contributed by atoms with Crippen molar-refractivity contribution in [1.82, 2.24) is 9.88 Å². The van der Waals surface area contributed by atoms with Crippen molar-refractivity contribution in [2.75, 3.05) is 19.7 Å². The fourth-order valence-electron chi connectivity index (χ4n) is 4.00. The summed E-state index contributed by atoms with van der Waals surface area (Å²) in [7, 11) is 0. The van der Waals surface area contributed by atoms with Gasteiger partial charge in [-0.2, -0.15) is 0 Å². The predicted octanol–water partition coefficient (Wildman–Crippen LogP) is 4.92. The molecule has 0 N–H and O–H groups in total. The lowest BCUT2D eigenvalue weighted by molar-refractivity contribution is 0.0138. The second kappa shape index (κ2) is 10.6. The molecule has 1 fully saturated rings. The second-order valence-corrected chi connectivity index (χ2v) is 8.02. The molecule has 1 aromatic heterocycles. The SMILES string of the molecule is CCOC(=O)c1ccnc(CN2CC[C@@H](OC(c3ccc(F)cc3)c3ccc(F)cc3)C2)c1. The van der Waals surface area contributed by atoms with E-state index < -0.39 is 6.10 Å². The van der Waals surface area contributed by atoms with Crippen LogP contribution in [0.2, 0.25) is 0 Å². The van der Waals surface area contributed by atoms with Gasteiger partial charge >= 0.3 is 5.97 Å². The quantitative estimate of drug-likeness (QED) is 0.454. The minimum Gasteiger partial charge on any atom is -0.462 e. The van der Waals surface area contributed by atoms with Crippen LogP contribution in [-0.2, 0) is 16.0 Å². The van der Waals surface area contributed by atoms with E-state index in [1.165, 1.54) is 24.3 Å². The summed E-state index contributed by atoms with van der Waals surface area (Å²) in [6.45, 7) is 4.19. The van der Waals surface area contributed by atoms with Crippen molar-refractivity contribution in [3.63, 3.8) is 0 Å². The zero-order valence-corrected chi connectivity index (χ0v) is 18.4. The van der Waals surface area contributed by atoms with Gasteiger partial charge < -0.3 is 9.47 Å². The van der Waals surface area contributed by atoms with Crippen LogP contribution < -0.4 is 0 Å². The van der Waals surface area contributed by atoms with Crippen molar-refractivity contribution >= 4 is 5.97 Å². The summed E-state index contributed by atoms with van der Waals surface area (Å²) in [6, 6.07) is 15.8. The topological polar surface area (TPSA) is 51.7 Å². The van der Waals surface area contributed by atoms with Crippen LogP contribution in [0.15, 0.2) is 66.9 Å². The Kier molecular flexibility index (Phi) is 7.42. The zero-order valence-electron chi connectivity index (χ0n) is 18.4. The first-order valence-corrected chi connectivity index (χ1v) is 11.0. The smallest absolute Gasteiger partial charge is 0.338 e. The van der Waals surface area contributed by atoms with Crippen molar-refractivity contribution < 1.29 is 23.0 Å². The third kappa shape index (κ3) is 6.00. The molecule has 7 heteroatoms. The number of ether oxygens (including phenoxy) is 2. The molecule has 1 saturated heterocycles. The Bertz CT molecular complexity index is 1030. The Labute approximate surface area is 192 Å². The molecule has 0 radical (unpaired) electrons. The largest absolute Gasteiger partial charge is 0.462 e. The summed E-state index contributed by atoms with van der Waals surface area (Å²) in [5.41, 5.74) is 2.90. The number of esters is 1. The normalized spacial score (nSPS) is 16.3. The minimum atomic E-state index is -0.429. The van der Waals surface area contributed by atoms with Gasteiger partial charge in [0.05, 0.1) is 24.0 Å². The molecule has 0 amide bonds. The molecular formula is C26H26F2N2O3. The Morgan fingerprint density at radius 1 is 1.06 bits per heavy atom. The number of hydrogen-bond acceptors (Lipinski definition) is 5. The summed E-state index contributed by atoms with van der Waals surface area (Å²) in [5.74, 6) is -0.993. The third-order valence-electron chi connectivity index (χ3n) is 5.62. The van der Waals surface area contributed by atoms with Crippen molar-refractivity contribution in [3.05, 3.63) is 101 Å². The van der Waals surface area contributed by atoms with Gasteiger partial charge in [0.2, 0.25) is 0 Å². The lowest BCUT2D eigenvalue weighted by Crippen LogP contribution is -2.25. The van der Waals surface area contributed by atoms with E-state index in [1.54, 1.807) is 49.5 Å². The highest BCUT2D eigenvalue weighted by Gasteiger charge is 2.28. The van der Waals surface area contributed by atoms with Gasteiger partial charge in [-0.3, -0.25) is 9.88 Å². The summed E-state index contributed by atoms with van der Waals surface area (Å²) in [4.78, 5) is 18.6. The van der Waals surface area contributed by atoms with Crippen LogP contribution in [0.25, 0.3) is 0 Å². The number of carbonyl (C=O) groups is 1. The van der Waals surface area contributed by atoms with Gasteiger partial charge in [0.25, 0.3) is 0 Å². The van der Waals surface area contributed by atoms with Crippen molar-refractivity contribution in [3.8, 4) is 0 Å². The zero-order chi connectivity index (χ0) is 23.2.